The molecule has 0 saturated heterocycles. The smallest absolute Gasteiger partial charge is 0.284 e. The number of hydrogen-bond donors (Lipinski definition) is 2. The molecule has 5 nitrogen and oxygen atoms in total. The van der Waals surface area contributed by atoms with E-state index in [4.69, 9.17) is 20.9 Å². The van der Waals surface area contributed by atoms with Gasteiger partial charge in [0, 0.05) is 11.3 Å². The second kappa shape index (κ2) is 8.29. The number of nitrogens with two attached hydrogens (primary N) is 2. The van der Waals surface area contributed by atoms with Crippen molar-refractivity contribution in [2.24, 2.45) is 5.73 Å². The molecule has 2 heterocycles. The molecular weight excluding hydrogens is 351 g/mol. The lowest BCUT2D eigenvalue weighted by molar-refractivity contribution is -0.117. The van der Waals surface area contributed by atoms with Crippen molar-refractivity contribution in [2.75, 3.05) is 5.73 Å². The topological polar surface area (TPSA) is 87.6 Å². The predicted molar refractivity (Wildman–Crippen MR) is 98.1 cm³/mol. The molecule has 1 amide bonds. The number of anilines is 1. The van der Waals surface area contributed by atoms with Crippen LogP contribution in [0.1, 0.15) is 5.56 Å². The third-order valence-corrected chi connectivity index (χ3v) is 3.23. The molecule has 2 aliphatic heterocycles. The maximum absolute atomic E-state index is 11.2. The van der Waals surface area contributed by atoms with Crippen molar-refractivity contribution >= 4 is 42.2 Å². The Hall–Kier alpha value is -2.63. The van der Waals surface area contributed by atoms with E-state index in [0.717, 1.165) is 16.7 Å². The standard InChI is InChI=1S/C17H14N2O3.2ClH/c18-14-3-1-11(2-4-14)15-9-12(5-7-21-15)13-6-8-22-16(10-13)17(19)20;;/h1-10H,18H2,(H2,19,20);2*1H. The molecule has 0 saturated carbocycles. The van der Waals surface area contributed by atoms with Gasteiger partial charge < -0.3 is 20.9 Å². The third-order valence-electron chi connectivity index (χ3n) is 3.23. The van der Waals surface area contributed by atoms with Gasteiger partial charge in [-0.1, -0.05) is 0 Å². The number of carbonyl (C=O) groups is 1. The van der Waals surface area contributed by atoms with Crippen LogP contribution in [-0.2, 0) is 14.3 Å². The highest BCUT2D eigenvalue weighted by Gasteiger charge is 2.14. The summed E-state index contributed by atoms with van der Waals surface area (Å²) in [5.41, 5.74) is 14.2. The van der Waals surface area contributed by atoms with Gasteiger partial charge in [0.15, 0.2) is 5.76 Å². The molecule has 126 valence electrons. The summed E-state index contributed by atoms with van der Waals surface area (Å²) in [6, 6.07) is 7.38. The largest absolute Gasteiger partial charge is 0.464 e. The van der Waals surface area contributed by atoms with Gasteiger partial charge in [-0.05, 0) is 59.7 Å². The Kier molecular flexibility index (Phi) is 6.70. The highest BCUT2D eigenvalue weighted by Crippen LogP contribution is 2.27. The molecule has 1 aromatic rings. The first-order valence-electron chi connectivity index (χ1n) is 6.63. The second-order valence-electron chi connectivity index (χ2n) is 4.76. The third kappa shape index (κ3) is 4.22. The van der Waals surface area contributed by atoms with Gasteiger partial charge in [0.1, 0.15) is 5.76 Å². The average Bonchev–Trinajstić information content (AvgIpc) is 2.56. The molecule has 0 bridgehead atoms. The fourth-order valence-corrected chi connectivity index (χ4v) is 2.10. The van der Waals surface area contributed by atoms with Crippen LogP contribution in [0.25, 0.3) is 5.76 Å². The quantitative estimate of drug-likeness (QED) is 0.786. The van der Waals surface area contributed by atoms with Gasteiger partial charge in [-0.3, -0.25) is 4.79 Å². The van der Waals surface area contributed by atoms with Crippen LogP contribution in [0.4, 0.5) is 5.69 Å². The summed E-state index contributed by atoms with van der Waals surface area (Å²) in [4.78, 5) is 11.2. The van der Waals surface area contributed by atoms with Crippen LogP contribution < -0.4 is 11.5 Å². The van der Waals surface area contributed by atoms with Gasteiger partial charge in [0.05, 0.1) is 12.5 Å². The molecular formula is C17H16Cl2N2O3. The van der Waals surface area contributed by atoms with E-state index in [-0.39, 0.29) is 30.6 Å². The number of halogens is 2. The lowest BCUT2D eigenvalue weighted by atomic mass is 10.0. The van der Waals surface area contributed by atoms with E-state index in [1.54, 1.807) is 24.5 Å². The molecule has 0 aliphatic carbocycles. The summed E-state index contributed by atoms with van der Waals surface area (Å²) in [6.45, 7) is 0. The molecule has 0 radical (unpaired) electrons. The minimum Gasteiger partial charge on any atom is -0.464 e. The van der Waals surface area contributed by atoms with E-state index in [2.05, 4.69) is 0 Å². The van der Waals surface area contributed by atoms with E-state index in [1.165, 1.54) is 6.26 Å². The normalized spacial score (nSPS) is 18.2. The fourth-order valence-electron chi connectivity index (χ4n) is 2.10. The molecule has 2 aliphatic rings. The van der Waals surface area contributed by atoms with Gasteiger partial charge in [0.25, 0.3) is 5.91 Å². The summed E-state index contributed by atoms with van der Waals surface area (Å²) in [7, 11) is 0. The number of amides is 1. The molecule has 0 fully saturated rings. The molecule has 4 N–H and O–H groups in total. The zero-order valence-electron chi connectivity index (χ0n) is 12.5. The van der Waals surface area contributed by atoms with E-state index in [9.17, 15) is 4.79 Å². The predicted octanol–water partition coefficient (Wildman–Crippen LogP) is 3.21. The number of primary amides is 1. The Balaban J connectivity index is 0.00000144. The minimum atomic E-state index is -0.610. The summed E-state index contributed by atoms with van der Waals surface area (Å²) in [5, 5.41) is 0. The number of allylic oxidation sites excluding steroid dienone is 6. The Labute approximate surface area is 151 Å². The van der Waals surface area contributed by atoms with E-state index < -0.39 is 5.91 Å². The zero-order valence-corrected chi connectivity index (χ0v) is 14.1. The maximum atomic E-state index is 11.2. The molecule has 7 heteroatoms. The lowest BCUT2D eigenvalue weighted by Crippen LogP contribution is -2.16. The van der Waals surface area contributed by atoms with Crippen molar-refractivity contribution in [2.45, 2.75) is 0 Å². The van der Waals surface area contributed by atoms with E-state index >= 15 is 0 Å². The Morgan fingerprint density at radius 2 is 1.46 bits per heavy atom. The highest BCUT2D eigenvalue weighted by atomic mass is 35.5. The number of ether oxygens (including phenoxy) is 2. The number of nitrogen functional groups attached to an aromatic ring is 1. The van der Waals surface area contributed by atoms with Gasteiger partial charge in [-0.2, -0.15) is 0 Å². The fraction of sp³-hybridized carbons (Fsp3) is 0. The first-order valence-corrected chi connectivity index (χ1v) is 6.63. The van der Waals surface area contributed by atoms with Crippen LogP contribution in [0.5, 0.6) is 0 Å². The lowest BCUT2D eigenvalue weighted by Gasteiger charge is -2.15. The van der Waals surface area contributed by atoms with Crippen LogP contribution in [-0.4, -0.2) is 5.91 Å². The van der Waals surface area contributed by atoms with Crippen LogP contribution in [0, 0.1) is 0 Å². The van der Waals surface area contributed by atoms with Crippen LogP contribution in [0.15, 0.2) is 78.0 Å². The van der Waals surface area contributed by atoms with Crippen molar-refractivity contribution in [3.63, 3.8) is 0 Å². The second-order valence-corrected chi connectivity index (χ2v) is 4.76. The monoisotopic (exact) mass is 366 g/mol. The van der Waals surface area contributed by atoms with Gasteiger partial charge >= 0.3 is 0 Å². The Morgan fingerprint density at radius 1 is 0.875 bits per heavy atom. The number of hydrogen-bond acceptors (Lipinski definition) is 4. The van der Waals surface area contributed by atoms with E-state index in [0.29, 0.717) is 11.4 Å². The molecule has 0 aromatic heterocycles. The molecule has 0 atom stereocenters. The molecule has 0 spiro atoms. The van der Waals surface area contributed by atoms with Crippen LogP contribution >= 0.6 is 24.8 Å². The van der Waals surface area contributed by atoms with Crippen molar-refractivity contribution in [1.29, 1.82) is 0 Å². The van der Waals surface area contributed by atoms with Gasteiger partial charge in [-0.25, -0.2) is 0 Å². The van der Waals surface area contributed by atoms with Crippen LogP contribution in [0.3, 0.4) is 0 Å². The summed E-state index contributed by atoms with van der Waals surface area (Å²) < 4.78 is 10.6. The molecule has 1 aromatic carbocycles. The van der Waals surface area contributed by atoms with E-state index in [1.807, 2.05) is 30.3 Å². The minimum absolute atomic E-state index is 0. The summed E-state index contributed by atoms with van der Waals surface area (Å²) in [6.07, 6.45) is 10.1. The Morgan fingerprint density at radius 3 is 2.08 bits per heavy atom. The maximum Gasteiger partial charge on any atom is 0.284 e. The number of carbonyl (C=O) groups excluding carboxylic acids is 1. The highest BCUT2D eigenvalue weighted by molar-refractivity contribution is 5.91. The molecule has 0 unspecified atom stereocenters. The van der Waals surface area contributed by atoms with Gasteiger partial charge in [-0.15, -0.1) is 24.8 Å². The zero-order chi connectivity index (χ0) is 15.5. The summed E-state index contributed by atoms with van der Waals surface area (Å²) in [5.74, 6) is 0.187. The molecule has 3 rings (SSSR count). The first-order chi connectivity index (χ1) is 10.6. The molecule has 24 heavy (non-hydrogen) atoms. The first kappa shape index (κ1) is 19.4. The Bertz CT molecular complexity index is 776. The average molecular weight is 367 g/mol. The van der Waals surface area contributed by atoms with Crippen molar-refractivity contribution in [3.05, 3.63) is 83.6 Å². The number of rotatable bonds is 2. The summed E-state index contributed by atoms with van der Waals surface area (Å²) >= 11 is 0. The van der Waals surface area contributed by atoms with Crippen molar-refractivity contribution in [3.8, 4) is 0 Å². The van der Waals surface area contributed by atoms with Crippen molar-refractivity contribution < 1.29 is 14.3 Å². The SMILES string of the molecule is Cl.Cl.NC(=O)C1=CC(=C2C=COC(c3ccc(N)cc3)=C2)C=CO1. The van der Waals surface area contributed by atoms with Crippen molar-refractivity contribution in [1.82, 2.24) is 0 Å². The van der Waals surface area contributed by atoms with Crippen LogP contribution in [0.2, 0.25) is 0 Å². The van der Waals surface area contributed by atoms with Gasteiger partial charge in [0.2, 0.25) is 0 Å². The number of benzene rings is 1.